The average molecular weight is 374 g/mol. The summed E-state index contributed by atoms with van der Waals surface area (Å²) in [5.74, 6) is -1.42. The highest BCUT2D eigenvalue weighted by Gasteiger charge is 2.27. The molecule has 6 nitrogen and oxygen atoms in total. The number of para-hydroxylation sites is 1. The summed E-state index contributed by atoms with van der Waals surface area (Å²) in [6.07, 6.45) is 0. The van der Waals surface area contributed by atoms with E-state index >= 15 is 0 Å². The highest BCUT2D eigenvalue weighted by Crippen LogP contribution is 2.34. The SMILES string of the molecule is COC(=O)c1c(NC(=O)C(C)C)sc(C(=O)Nc2ccccc2C)c1C. The van der Waals surface area contributed by atoms with Crippen LogP contribution in [0.25, 0.3) is 0 Å². The molecule has 1 aromatic carbocycles. The van der Waals surface area contributed by atoms with Crippen molar-refractivity contribution in [1.82, 2.24) is 0 Å². The molecule has 2 rings (SSSR count). The Balaban J connectivity index is 2.41. The summed E-state index contributed by atoms with van der Waals surface area (Å²) in [6, 6.07) is 7.41. The van der Waals surface area contributed by atoms with Crippen LogP contribution >= 0.6 is 11.3 Å². The predicted molar refractivity (Wildman–Crippen MR) is 103 cm³/mol. The van der Waals surface area contributed by atoms with Gasteiger partial charge in [-0.1, -0.05) is 32.0 Å². The third kappa shape index (κ3) is 4.11. The molecule has 0 aliphatic rings. The van der Waals surface area contributed by atoms with Gasteiger partial charge < -0.3 is 15.4 Å². The molecule has 0 aliphatic heterocycles. The molecule has 0 atom stereocenters. The van der Waals surface area contributed by atoms with Gasteiger partial charge in [-0.25, -0.2) is 4.79 Å². The van der Waals surface area contributed by atoms with E-state index in [1.807, 2.05) is 25.1 Å². The summed E-state index contributed by atoms with van der Waals surface area (Å²) < 4.78 is 4.82. The summed E-state index contributed by atoms with van der Waals surface area (Å²) in [5.41, 5.74) is 2.31. The van der Waals surface area contributed by atoms with E-state index in [9.17, 15) is 14.4 Å². The fourth-order valence-electron chi connectivity index (χ4n) is 2.31. The van der Waals surface area contributed by atoms with Gasteiger partial charge in [0.15, 0.2) is 0 Å². The fraction of sp³-hybridized carbons (Fsp3) is 0.316. The maximum atomic E-state index is 12.7. The normalized spacial score (nSPS) is 10.5. The molecule has 2 N–H and O–H groups in total. The third-order valence-corrected chi connectivity index (χ3v) is 5.10. The number of amides is 2. The lowest BCUT2D eigenvalue weighted by atomic mass is 10.1. The van der Waals surface area contributed by atoms with Crippen LogP contribution in [0.3, 0.4) is 0 Å². The van der Waals surface area contributed by atoms with Crippen molar-refractivity contribution >= 4 is 39.8 Å². The average Bonchev–Trinajstić information content (AvgIpc) is 2.92. The van der Waals surface area contributed by atoms with Gasteiger partial charge in [0.1, 0.15) is 5.00 Å². The van der Waals surface area contributed by atoms with E-state index in [0.29, 0.717) is 21.1 Å². The van der Waals surface area contributed by atoms with Gasteiger partial charge in [-0.15, -0.1) is 11.3 Å². The van der Waals surface area contributed by atoms with Gasteiger partial charge >= 0.3 is 5.97 Å². The lowest BCUT2D eigenvalue weighted by Gasteiger charge is -2.07. The maximum absolute atomic E-state index is 12.7. The highest BCUT2D eigenvalue weighted by atomic mass is 32.1. The molecule has 1 aromatic heterocycles. The molecule has 26 heavy (non-hydrogen) atoms. The third-order valence-electron chi connectivity index (χ3n) is 3.90. The first-order chi connectivity index (χ1) is 12.3. The summed E-state index contributed by atoms with van der Waals surface area (Å²) in [7, 11) is 1.26. The largest absolute Gasteiger partial charge is 0.465 e. The topological polar surface area (TPSA) is 84.5 Å². The number of aryl methyl sites for hydroxylation is 1. The molecular weight excluding hydrogens is 352 g/mol. The van der Waals surface area contributed by atoms with E-state index in [2.05, 4.69) is 10.6 Å². The lowest BCUT2D eigenvalue weighted by Crippen LogP contribution is -2.19. The zero-order valence-corrected chi connectivity index (χ0v) is 16.2. The molecule has 7 heteroatoms. The Morgan fingerprint density at radius 1 is 1.08 bits per heavy atom. The van der Waals surface area contributed by atoms with E-state index in [0.717, 1.165) is 16.9 Å². The second-order valence-corrected chi connectivity index (χ2v) is 7.19. The molecule has 2 aromatic rings. The molecule has 0 radical (unpaired) electrons. The molecule has 2 amide bonds. The molecule has 0 saturated heterocycles. The Hall–Kier alpha value is -2.67. The fourth-order valence-corrected chi connectivity index (χ4v) is 3.41. The molecule has 0 aliphatic carbocycles. The molecule has 0 spiro atoms. The first kappa shape index (κ1) is 19.7. The van der Waals surface area contributed by atoms with Crippen molar-refractivity contribution < 1.29 is 19.1 Å². The van der Waals surface area contributed by atoms with Crippen molar-refractivity contribution in [3.63, 3.8) is 0 Å². The first-order valence-electron chi connectivity index (χ1n) is 8.15. The minimum atomic E-state index is -0.590. The number of carbonyl (C=O) groups excluding carboxylic acids is 3. The van der Waals surface area contributed by atoms with Gasteiger partial charge in [-0.05, 0) is 31.0 Å². The smallest absolute Gasteiger partial charge is 0.341 e. The van der Waals surface area contributed by atoms with Crippen molar-refractivity contribution in [2.75, 3.05) is 17.7 Å². The quantitative estimate of drug-likeness (QED) is 0.775. The zero-order valence-electron chi connectivity index (χ0n) is 15.4. The van der Waals surface area contributed by atoms with Crippen molar-refractivity contribution in [1.29, 1.82) is 0 Å². The van der Waals surface area contributed by atoms with Crippen LogP contribution in [0.15, 0.2) is 24.3 Å². The number of esters is 1. The first-order valence-corrected chi connectivity index (χ1v) is 8.97. The summed E-state index contributed by atoms with van der Waals surface area (Å²) in [6.45, 7) is 7.06. The number of hydrogen-bond acceptors (Lipinski definition) is 5. The molecule has 0 saturated carbocycles. The Morgan fingerprint density at radius 3 is 2.31 bits per heavy atom. The van der Waals surface area contributed by atoms with Gasteiger partial charge in [-0.2, -0.15) is 0 Å². The van der Waals surface area contributed by atoms with Crippen molar-refractivity contribution in [2.24, 2.45) is 5.92 Å². The van der Waals surface area contributed by atoms with Crippen LogP contribution in [0.1, 0.15) is 45.0 Å². The highest BCUT2D eigenvalue weighted by molar-refractivity contribution is 7.18. The number of carbonyl (C=O) groups is 3. The number of thiophene rings is 1. The number of methoxy groups -OCH3 is 1. The predicted octanol–water partition coefficient (Wildman–Crippen LogP) is 4.00. The van der Waals surface area contributed by atoms with E-state index in [4.69, 9.17) is 4.74 Å². The standard InChI is InChI=1S/C19H22N2O4S/c1-10(2)16(22)21-18-14(19(24)25-5)12(4)15(26-18)17(23)20-13-9-7-6-8-11(13)3/h6-10H,1-5H3,(H,20,23)(H,21,22). The Bertz CT molecular complexity index is 855. The number of hydrogen-bond donors (Lipinski definition) is 2. The monoisotopic (exact) mass is 374 g/mol. The Morgan fingerprint density at radius 2 is 1.73 bits per heavy atom. The minimum Gasteiger partial charge on any atom is -0.465 e. The van der Waals surface area contributed by atoms with Crippen LogP contribution in [0.4, 0.5) is 10.7 Å². The molecule has 0 fully saturated rings. The van der Waals surface area contributed by atoms with Crippen LogP contribution < -0.4 is 10.6 Å². The molecule has 1 heterocycles. The lowest BCUT2D eigenvalue weighted by molar-refractivity contribution is -0.118. The van der Waals surface area contributed by atoms with Gasteiger partial charge in [0.2, 0.25) is 5.91 Å². The molecule has 138 valence electrons. The Kier molecular flexibility index (Phi) is 6.15. The Labute approximate surface area is 156 Å². The van der Waals surface area contributed by atoms with Crippen LogP contribution in [0.2, 0.25) is 0 Å². The minimum absolute atomic E-state index is 0.210. The van der Waals surface area contributed by atoms with Gasteiger partial charge in [-0.3, -0.25) is 9.59 Å². The second-order valence-electron chi connectivity index (χ2n) is 6.16. The molecular formula is C19H22N2O4S. The number of ether oxygens (including phenoxy) is 1. The summed E-state index contributed by atoms with van der Waals surface area (Å²) in [5, 5.41) is 5.89. The molecule has 0 bridgehead atoms. The number of nitrogens with one attached hydrogen (secondary N) is 2. The van der Waals surface area contributed by atoms with Crippen molar-refractivity contribution in [3.05, 3.63) is 45.8 Å². The van der Waals surface area contributed by atoms with Crippen LogP contribution in [0.5, 0.6) is 0 Å². The van der Waals surface area contributed by atoms with Crippen molar-refractivity contribution in [2.45, 2.75) is 27.7 Å². The van der Waals surface area contributed by atoms with Crippen LogP contribution in [-0.2, 0) is 9.53 Å². The van der Waals surface area contributed by atoms with E-state index < -0.39 is 5.97 Å². The number of anilines is 2. The van der Waals surface area contributed by atoms with Gasteiger partial charge in [0.05, 0.1) is 17.6 Å². The summed E-state index contributed by atoms with van der Waals surface area (Å²) >= 11 is 1.06. The maximum Gasteiger partial charge on any atom is 0.341 e. The van der Waals surface area contributed by atoms with Crippen molar-refractivity contribution in [3.8, 4) is 0 Å². The van der Waals surface area contributed by atoms with Crippen LogP contribution in [0, 0.1) is 19.8 Å². The van der Waals surface area contributed by atoms with E-state index in [-0.39, 0.29) is 23.3 Å². The van der Waals surface area contributed by atoms with Crippen LogP contribution in [-0.4, -0.2) is 24.9 Å². The number of rotatable bonds is 5. The number of benzene rings is 1. The van der Waals surface area contributed by atoms with Gasteiger partial charge in [0.25, 0.3) is 5.91 Å². The second kappa shape index (κ2) is 8.14. The molecule has 0 unspecified atom stereocenters. The van der Waals surface area contributed by atoms with E-state index in [1.54, 1.807) is 26.8 Å². The summed E-state index contributed by atoms with van der Waals surface area (Å²) in [4.78, 5) is 37.3. The van der Waals surface area contributed by atoms with E-state index in [1.165, 1.54) is 7.11 Å². The zero-order chi connectivity index (χ0) is 19.4. The van der Waals surface area contributed by atoms with Gasteiger partial charge in [0, 0.05) is 11.6 Å².